The molecule has 3 heteroatoms. The first-order valence-corrected chi connectivity index (χ1v) is 5.33. The Balaban J connectivity index is 2.47. The lowest BCUT2D eigenvalue weighted by Crippen LogP contribution is -2.37. The summed E-state index contributed by atoms with van der Waals surface area (Å²) in [6.45, 7) is 2.95. The Hall–Kier alpha value is -1.06. The molecule has 0 N–H and O–H groups in total. The average molecular weight is 191 g/mol. The molecular formula is C11H17N3. The molecule has 1 rings (SSSR count). The number of rotatable bonds is 6. The van der Waals surface area contributed by atoms with Gasteiger partial charge >= 0.3 is 0 Å². The van der Waals surface area contributed by atoms with Gasteiger partial charge in [-0.1, -0.05) is 6.92 Å². The Labute approximate surface area is 85.9 Å². The lowest BCUT2D eigenvalue weighted by Gasteiger charge is -2.28. The fourth-order valence-electron chi connectivity index (χ4n) is 1.85. The van der Waals surface area contributed by atoms with Crippen molar-refractivity contribution in [1.82, 2.24) is 4.90 Å². The minimum absolute atomic E-state index is 0.362. The van der Waals surface area contributed by atoms with E-state index in [2.05, 4.69) is 24.0 Å². The molecule has 0 heterocycles. The van der Waals surface area contributed by atoms with Crippen molar-refractivity contribution < 1.29 is 0 Å². The van der Waals surface area contributed by atoms with Crippen LogP contribution in [0.4, 0.5) is 0 Å². The molecule has 1 atom stereocenters. The smallest absolute Gasteiger partial charge is 0.0638 e. The molecule has 1 fully saturated rings. The lowest BCUT2D eigenvalue weighted by atomic mass is 10.1. The van der Waals surface area contributed by atoms with E-state index in [9.17, 15) is 0 Å². The summed E-state index contributed by atoms with van der Waals surface area (Å²) in [6, 6.07) is 5.43. The van der Waals surface area contributed by atoms with E-state index in [1.54, 1.807) is 0 Å². The molecule has 76 valence electrons. The molecule has 0 aromatic carbocycles. The molecule has 1 aliphatic carbocycles. The van der Waals surface area contributed by atoms with Gasteiger partial charge in [0.15, 0.2) is 0 Å². The van der Waals surface area contributed by atoms with Crippen molar-refractivity contribution in [1.29, 1.82) is 10.5 Å². The standard InChI is InChI=1S/C11H17N3/c1-2-10(6-8-13)14(9-3-7-12)11-4-5-11/h10-11H,2-6,9H2,1H3. The second-order valence-electron chi connectivity index (χ2n) is 3.80. The van der Waals surface area contributed by atoms with Crippen LogP contribution in [0, 0.1) is 22.7 Å². The fourth-order valence-corrected chi connectivity index (χ4v) is 1.85. The van der Waals surface area contributed by atoms with Gasteiger partial charge in [0, 0.05) is 25.0 Å². The van der Waals surface area contributed by atoms with Crippen LogP contribution >= 0.6 is 0 Å². The summed E-state index contributed by atoms with van der Waals surface area (Å²) in [5.41, 5.74) is 0. The van der Waals surface area contributed by atoms with E-state index in [-0.39, 0.29) is 0 Å². The van der Waals surface area contributed by atoms with E-state index in [4.69, 9.17) is 10.5 Å². The molecule has 0 saturated heterocycles. The second kappa shape index (κ2) is 5.62. The summed E-state index contributed by atoms with van der Waals surface area (Å²) in [5.74, 6) is 0. The van der Waals surface area contributed by atoms with Gasteiger partial charge in [-0.25, -0.2) is 0 Å². The minimum Gasteiger partial charge on any atom is -0.295 e. The van der Waals surface area contributed by atoms with Gasteiger partial charge in [-0.05, 0) is 19.3 Å². The molecule has 0 bridgehead atoms. The third kappa shape index (κ3) is 3.01. The van der Waals surface area contributed by atoms with Gasteiger partial charge < -0.3 is 0 Å². The predicted octanol–water partition coefficient (Wildman–Crippen LogP) is 2.06. The Morgan fingerprint density at radius 1 is 1.36 bits per heavy atom. The van der Waals surface area contributed by atoms with E-state index >= 15 is 0 Å². The monoisotopic (exact) mass is 191 g/mol. The predicted molar refractivity (Wildman–Crippen MR) is 54.3 cm³/mol. The summed E-state index contributed by atoms with van der Waals surface area (Å²) in [4.78, 5) is 2.35. The Morgan fingerprint density at radius 2 is 2.07 bits per heavy atom. The summed E-state index contributed by atoms with van der Waals surface area (Å²) >= 11 is 0. The largest absolute Gasteiger partial charge is 0.295 e. The highest BCUT2D eigenvalue weighted by molar-refractivity contribution is 4.92. The Morgan fingerprint density at radius 3 is 2.50 bits per heavy atom. The van der Waals surface area contributed by atoms with Gasteiger partial charge in [-0.15, -0.1) is 0 Å². The summed E-state index contributed by atoms with van der Waals surface area (Å²) in [6.07, 6.45) is 4.67. The zero-order valence-corrected chi connectivity index (χ0v) is 8.74. The van der Waals surface area contributed by atoms with Crippen LogP contribution in [-0.2, 0) is 0 Å². The minimum atomic E-state index is 0.362. The molecule has 1 unspecified atom stereocenters. The molecule has 0 radical (unpaired) electrons. The first-order chi connectivity index (χ1) is 6.83. The second-order valence-corrected chi connectivity index (χ2v) is 3.80. The van der Waals surface area contributed by atoms with Crippen molar-refractivity contribution in [3.63, 3.8) is 0 Å². The molecule has 0 aromatic rings. The van der Waals surface area contributed by atoms with Crippen LogP contribution in [0.15, 0.2) is 0 Å². The molecular weight excluding hydrogens is 174 g/mol. The summed E-state index contributed by atoms with van der Waals surface area (Å²) in [5, 5.41) is 17.3. The third-order valence-electron chi connectivity index (χ3n) is 2.76. The summed E-state index contributed by atoms with van der Waals surface area (Å²) < 4.78 is 0. The van der Waals surface area contributed by atoms with Crippen molar-refractivity contribution in [3.05, 3.63) is 0 Å². The highest BCUT2D eigenvalue weighted by Crippen LogP contribution is 2.30. The topological polar surface area (TPSA) is 50.8 Å². The van der Waals surface area contributed by atoms with Gasteiger partial charge in [0.2, 0.25) is 0 Å². The third-order valence-corrected chi connectivity index (χ3v) is 2.76. The lowest BCUT2D eigenvalue weighted by molar-refractivity contribution is 0.187. The molecule has 1 saturated carbocycles. The van der Waals surface area contributed by atoms with Crippen LogP contribution in [0.5, 0.6) is 0 Å². The van der Waals surface area contributed by atoms with Crippen LogP contribution < -0.4 is 0 Å². The number of hydrogen-bond acceptors (Lipinski definition) is 3. The maximum Gasteiger partial charge on any atom is 0.0638 e. The molecule has 0 aromatic heterocycles. The van der Waals surface area contributed by atoms with E-state index in [1.165, 1.54) is 12.8 Å². The molecule has 14 heavy (non-hydrogen) atoms. The molecule has 1 aliphatic rings. The summed E-state index contributed by atoms with van der Waals surface area (Å²) in [7, 11) is 0. The van der Waals surface area contributed by atoms with Gasteiger partial charge in [0.1, 0.15) is 0 Å². The Bertz CT molecular complexity index is 244. The zero-order valence-electron chi connectivity index (χ0n) is 8.74. The van der Waals surface area contributed by atoms with Gasteiger partial charge in [-0.3, -0.25) is 4.90 Å². The first-order valence-electron chi connectivity index (χ1n) is 5.33. The zero-order chi connectivity index (χ0) is 10.4. The highest BCUT2D eigenvalue weighted by atomic mass is 15.2. The van der Waals surface area contributed by atoms with Gasteiger partial charge in [0.25, 0.3) is 0 Å². The first kappa shape index (κ1) is 11.0. The molecule has 3 nitrogen and oxygen atoms in total. The van der Waals surface area contributed by atoms with E-state index in [1.807, 2.05) is 0 Å². The van der Waals surface area contributed by atoms with E-state index in [0.29, 0.717) is 24.9 Å². The van der Waals surface area contributed by atoms with E-state index < -0.39 is 0 Å². The molecule has 0 spiro atoms. The normalized spacial score (nSPS) is 17.4. The quantitative estimate of drug-likeness (QED) is 0.645. The maximum atomic E-state index is 8.70. The van der Waals surface area contributed by atoms with Crippen LogP contribution in [0.1, 0.15) is 39.0 Å². The van der Waals surface area contributed by atoms with Gasteiger partial charge in [-0.2, -0.15) is 10.5 Å². The molecule has 0 amide bonds. The highest BCUT2D eigenvalue weighted by Gasteiger charge is 2.32. The number of nitrogens with zero attached hydrogens (tertiary/aromatic N) is 3. The number of hydrogen-bond donors (Lipinski definition) is 0. The van der Waals surface area contributed by atoms with Crippen molar-refractivity contribution in [2.75, 3.05) is 6.54 Å². The van der Waals surface area contributed by atoms with E-state index in [0.717, 1.165) is 13.0 Å². The van der Waals surface area contributed by atoms with Crippen LogP contribution in [-0.4, -0.2) is 23.5 Å². The fraction of sp³-hybridized carbons (Fsp3) is 0.818. The van der Waals surface area contributed by atoms with Crippen molar-refractivity contribution in [2.45, 2.75) is 51.1 Å². The van der Waals surface area contributed by atoms with Crippen molar-refractivity contribution >= 4 is 0 Å². The van der Waals surface area contributed by atoms with Crippen LogP contribution in [0.3, 0.4) is 0 Å². The average Bonchev–Trinajstić information content (AvgIpc) is 3.00. The SMILES string of the molecule is CCC(CC#N)N(CCC#N)C1CC1. The van der Waals surface area contributed by atoms with Gasteiger partial charge in [0.05, 0.1) is 18.6 Å². The Kier molecular flexibility index (Phi) is 4.43. The van der Waals surface area contributed by atoms with Crippen LogP contribution in [0.25, 0.3) is 0 Å². The van der Waals surface area contributed by atoms with Crippen molar-refractivity contribution in [2.24, 2.45) is 0 Å². The molecule has 0 aliphatic heterocycles. The number of nitriles is 2. The maximum absolute atomic E-state index is 8.70. The van der Waals surface area contributed by atoms with Crippen LogP contribution in [0.2, 0.25) is 0 Å². The van der Waals surface area contributed by atoms with Crippen molar-refractivity contribution in [3.8, 4) is 12.1 Å².